The first kappa shape index (κ1) is 26.2. The normalized spacial score (nSPS) is 18.0. The summed E-state index contributed by atoms with van der Waals surface area (Å²) in [6.45, 7) is 1.56. The zero-order valence-corrected chi connectivity index (χ0v) is 23.2. The Bertz CT molecular complexity index is 1660. The van der Waals surface area contributed by atoms with E-state index < -0.39 is 15.4 Å². The average Bonchev–Trinajstić information content (AvgIpc) is 2.97. The lowest BCUT2D eigenvalue weighted by atomic mass is 9.72. The quantitative estimate of drug-likeness (QED) is 0.302. The van der Waals surface area contributed by atoms with Crippen molar-refractivity contribution in [1.82, 2.24) is 9.97 Å². The lowest BCUT2D eigenvalue weighted by Gasteiger charge is -2.43. The highest BCUT2D eigenvalue weighted by molar-refractivity contribution is 7.90. The Morgan fingerprint density at radius 1 is 0.975 bits per heavy atom. The maximum atomic E-state index is 12.2. The fourth-order valence-corrected chi connectivity index (χ4v) is 6.52. The molecular weight excluding hydrogens is 520 g/mol. The number of sulfone groups is 1. The van der Waals surface area contributed by atoms with Gasteiger partial charge < -0.3 is 9.64 Å². The topological polar surface area (TPSA) is 96.2 Å². The average molecular weight is 551 g/mol. The third-order valence-electron chi connectivity index (χ3n) is 7.86. The Kier molecular flexibility index (Phi) is 6.87. The molecule has 0 saturated heterocycles. The van der Waals surface area contributed by atoms with Gasteiger partial charge in [-0.15, -0.1) is 0 Å². The molecule has 3 aromatic carbocycles. The minimum absolute atomic E-state index is 0.175. The number of nitriles is 1. The summed E-state index contributed by atoms with van der Waals surface area (Å²) in [6.07, 6.45) is 5.57. The van der Waals surface area contributed by atoms with Crippen LogP contribution in [0.1, 0.15) is 51.9 Å². The van der Waals surface area contributed by atoms with Gasteiger partial charge in [0.2, 0.25) is 15.0 Å². The molecular formula is C32H30N4O3S. The zero-order chi connectivity index (χ0) is 27.7. The number of fused-ring (bicyclic) bond motifs is 3. The number of ether oxygens (including phenoxy) is 1. The van der Waals surface area contributed by atoms with Gasteiger partial charge in [0.05, 0.1) is 23.6 Å². The Morgan fingerprint density at radius 2 is 1.65 bits per heavy atom. The molecule has 40 heavy (non-hydrogen) atoms. The van der Waals surface area contributed by atoms with Crippen LogP contribution in [0.5, 0.6) is 0 Å². The van der Waals surface area contributed by atoms with Gasteiger partial charge in [0.25, 0.3) is 0 Å². The van der Waals surface area contributed by atoms with Crippen LogP contribution >= 0.6 is 0 Å². The Hall–Kier alpha value is -4.06. The molecule has 1 aliphatic carbocycles. The van der Waals surface area contributed by atoms with Crippen molar-refractivity contribution in [2.45, 2.75) is 56.1 Å². The van der Waals surface area contributed by atoms with Gasteiger partial charge in [0.15, 0.2) is 0 Å². The molecule has 7 nitrogen and oxygen atoms in total. The fourth-order valence-electron chi connectivity index (χ4n) is 6.00. The van der Waals surface area contributed by atoms with E-state index in [9.17, 15) is 13.7 Å². The smallest absolute Gasteiger partial charge is 0.247 e. The number of rotatable bonds is 6. The first-order chi connectivity index (χ1) is 19.4. The van der Waals surface area contributed by atoms with Crippen LogP contribution in [0.15, 0.2) is 84.1 Å². The van der Waals surface area contributed by atoms with Crippen LogP contribution in [-0.2, 0) is 52.7 Å². The van der Waals surface area contributed by atoms with E-state index >= 15 is 0 Å². The van der Waals surface area contributed by atoms with Crippen LogP contribution in [0.4, 0.5) is 5.69 Å². The van der Waals surface area contributed by atoms with Gasteiger partial charge in [-0.25, -0.2) is 18.4 Å². The molecule has 1 aromatic heterocycles. The van der Waals surface area contributed by atoms with E-state index in [-0.39, 0.29) is 11.8 Å². The number of aromatic nitrogens is 2. The Morgan fingerprint density at radius 3 is 2.27 bits per heavy atom. The molecule has 1 spiro atoms. The predicted octanol–water partition coefficient (Wildman–Crippen LogP) is 5.26. The van der Waals surface area contributed by atoms with Crippen LogP contribution in [-0.4, -0.2) is 24.6 Å². The van der Waals surface area contributed by atoms with Gasteiger partial charge in [0.1, 0.15) is 11.7 Å². The van der Waals surface area contributed by atoms with Gasteiger partial charge in [-0.2, -0.15) is 5.26 Å². The van der Waals surface area contributed by atoms with Crippen LogP contribution in [0.2, 0.25) is 0 Å². The minimum atomic E-state index is -3.55. The van der Waals surface area contributed by atoms with Crippen LogP contribution in [0.3, 0.4) is 0 Å². The molecule has 4 aromatic rings. The molecule has 1 aliphatic heterocycles. The molecule has 0 fully saturated rings. The van der Waals surface area contributed by atoms with Crippen molar-refractivity contribution in [3.05, 3.63) is 118 Å². The molecule has 0 saturated carbocycles. The molecule has 0 radical (unpaired) electrons. The SMILES string of the molecule is CS(=O)(=O)c1ncc2c(n1)C[C@@]1(CCCc3ccc(N(Cc4ccccc4)Cc4ccccc4)c(C#N)c31)OC2. The van der Waals surface area contributed by atoms with Crippen LogP contribution < -0.4 is 4.90 Å². The second-order valence-electron chi connectivity index (χ2n) is 10.6. The third-order valence-corrected chi connectivity index (χ3v) is 8.72. The van der Waals surface area contributed by atoms with E-state index in [1.165, 1.54) is 0 Å². The second-order valence-corrected chi connectivity index (χ2v) is 12.6. The number of hydrogen-bond acceptors (Lipinski definition) is 7. The lowest BCUT2D eigenvalue weighted by molar-refractivity contribution is -0.0859. The van der Waals surface area contributed by atoms with Gasteiger partial charge in [-0.05, 0) is 42.0 Å². The van der Waals surface area contributed by atoms with Gasteiger partial charge in [-0.1, -0.05) is 66.7 Å². The maximum absolute atomic E-state index is 12.2. The van der Waals surface area contributed by atoms with Crippen molar-refractivity contribution in [3.8, 4) is 6.07 Å². The van der Waals surface area contributed by atoms with Crippen molar-refractivity contribution >= 4 is 15.5 Å². The molecule has 1 atom stereocenters. The number of benzene rings is 3. The van der Waals surface area contributed by atoms with Crippen molar-refractivity contribution in [2.75, 3.05) is 11.2 Å². The molecule has 202 valence electrons. The molecule has 0 bridgehead atoms. The molecule has 0 N–H and O–H groups in total. The summed E-state index contributed by atoms with van der Waals surface area (Å²) in [5, 5.41) is 10.5. The fraction of sp³-hybridized carbons (Fsp3) is 0.281. The van der Waals surface area contributed by atoms with E-state index in [1.807, 2.05) is 36.4 Å². The first-order valence-electron chi connectivity index (χ1n) is 13.4. The number of hydrogen-bond donors (Lipinski definition) is 0. The predicted molar refractivity (Wildman–Crippen MR) is 152 cm³/mol. The minimum Gasteiger partial charge on any atom is -0.365 e. The van der Waals surface area contributed by atoms with Crippen molar-refractivity contribution < 1.29 is 13.2 Å². The highest BCUT2D eigenvalue weighted by Crippen LogP contribution is 2.47. The monoisotopic (exact) mass is 550 g/mol. The highest BCUT2D eigenvalue weighted by Gasteiger charge is 2.44. The number of aryl methyl sites for hydroxylation is 1. The summed E-state index contributed by atoms with van der Waals surface area (Å²) in [7, 11) is -3.55. The molecule has 2 heterocycles. The van der Waals surface area contributed by atoms with Gasteiger partial charge >= 0.3 is 0 Å². The summed E-state index contributed by atoms with van der Waals surface area (Å²) < 4.78 is 31.0. The van der Waals surface area contributed by atoms with E-state index in [2.05, 4.69) is 57.3 Å². The van der Waals surface area contributed by atoms with Crippen molar-refractivity contribution in [1.29, 1.82) is 5.26 Å². The van der Waals surface area contributed by atoms with E-state index in [0.29, 0.717) is 30.8 Å². The van der Waals surface area contributed by atoms with Gasteiger partial charge in [-0.3, -0.25) is 0 Å². The van der Waals surface area contributed by atoms with Gasteiger partial charge in [0, 0.05) is 43.1 Å². The van der Waals surface area contributed by atoms with Crippen LogP contribution in [0, 0.1) is 11.3 Å². The molecule has 8 heteroatoms. The highest BCUT2D eigenvalue weighted by atomic mass is 32.2. The third kappa shape index (κ3) is 4.99. The van der Waals surface area contributed by atoms with Crippen molar-refractivity contribution in [2.24, 2.45) is 0 Å². The summed E-state index contributed by atoms with van der Waals surface area (Å²) in [5.41, 5.74) is 6.51. The van der Waals surface area contributed by atoms with E-state index in [1.54, 1.807) is 6.20 Å². The number of anilines is 1. The summed E-state index contributed by atoms with van der Waals surface area (Å²) in [4.78, 5) is 10.8. The maximum Gasteiger partial charge on any atom is 0.247 e. The second kappa shape index (κ2) is 10.5. The summed E-state index contributed by atoms with van der Waals surface area (Å²) in [6, 6.07) is 27.3. The van der Waals surface area contributed by atoms with Crippen molar-refractivity contribution in [3.63, 3.8) is 0 Å². The molecule has 0 unspecified atom stereocenters. The lowest BCUT2D eigenvalue weighted by Crippen LogP contribution is -2.41. The van der Waals surface area contributed by atoms with E-state index in [0.717, 1.165) is 59.0 Å². The standard InChI is InChI=1S/C32H30N4O3S/c1-40(37,38)31-34-19-26-22-39-32(17-28(26)35-31)16-8-13-25-14-15-29(27(18-33)30(25)32)36(20-23-9-4-2-5-10-23)21-24-11-6-3-7-12-24/h2-7,9-12,14-15,19H,8,13,16-17,20-22H2,1H3/t32-/m1/s1. The Balaban J connectivity index is 1.46. The summed E-state index contributed by atoms with van der Waals surface area (Å²) in [5.74, 6) is 0. The molecule has 0 amide bonds. The first-order valence-corrected chi connectivity index (χ1v) is 15.3. The van der Waals surface area contributed by atoms with Crippen LogP contribution in [0.25, 0.3) is 0 Å². The van der Waals surface area contributed by atoms with E-state index in [4.69, 9.17) is 4.74 Å². The largest absolute Gasteiger partial charge is 0.365 e. The molecule has 6 rings (SSSR count). The Labute approximate surface area is 235 Å². The summed E-state index contributed by atoms with van der Waals surface area (Å²) >= 11 is 0. The molecule has 2 aliphatic rings. The number of nitrogens with zero attached hydrogens (tertiary/aromatic N) is 4. The zero-order valence-electron chi connectivity index (χ0n) is 22.4.